The Morgan fingerprint density at radius 2 is 2.24 bits per heavy atom. The van der Waals surface area contributed by atoms with Gasteiger partial charge < -0.3 is 9.72 Å². The fraction of sp³-hybridized carbons (Fsp3) is 0.444. The second kappa shape index (κ2) is 6.66. The minimum absolute atomic E-state index is 0.0345. The van der Waals surface area contributed by atoms with Crippen molar-refractivity contribution in [2.45, 2.75) is 38.1 Å². The zero-order chi connectivity index (χ0) is 17.2. The molecule has 0 amide bonds. The summed E-state index contributed by atoms with van der Waals surface area (Å²) >= 11 is 0. The number of carbonyl (C=O) groups excluding carboxylic acids is 1. The van der Waals surface area contributed by atoms with Gasteiger partial charge in [-0.15, -0.1) is 0 Å². The van der Waals surface area contributed by atoms with Crippen molar-refractivity contribution in [1.29, 1.82) is 0 Å². The van der Waals surface area contributed by atoms with Crippen LogP contribution in [0.25, 0.3) is 22.3 Å². The number of nitrogens with one attached hydrogen (secondary N) is 1. The van der Waals surface area contributed by atoms with Gasteiger partial charge in [0, 0.05) is 23.3 Å². The number of hydrogen-bond donors (Lipinski definition) is 1. The van der Waals surface area contributed by atoms with Gasteiger partial charge in [-0.3, -0.25) is 9.48 Å². The highest BCUT2D eigenvalue weighted by Gasteiger charge is 2.29. The lowest BCUT2D eigenvalue weighted by Crippen LogP contribution is -2.22. The Labute approximate surface area is 145 Å². The number of aromatic nitrogens is 5. The van der Waals surface area contributed by atoms with Crippen molar-refractivity contribution in [2.24, 2.45) is 5.92 Å². The first-order valence-electron chi connectivity index (χ1n) is 8.65. The van der Waals surface area contributed by atoms with Crippen LogP contribution in [0.2, 0.25) is 0 Å². The predicted octanol–water partition coefficient (Wildman–Crippen LogP) is 3.12. The van der Waals surface area contributed by atoms with Crippen LogP contribution in [0.3, 0.4) is 0 Å². The van der Waals surface area contributed by atoms with Crippen LogP contribution >= 0.6 is 0 Å². The summed E-state index contributed by atoms with van der Waals surface area (Å²) in [5.74, 6) is 0.272. The van der Waals surface area contributed by atoms with E-state index in [0.717, 1.165) is 35.1 Å². The van der Waals surface area contributed by atoms with Crippen molar-refractivity contribution in [1.82, 2.24) is 24.7 Å². The number of ether oxygens (including phenoxy) is 1. The van der Waals surface area contributed by atoms with Crippen molar-refractivity contribution >= 4 is 17.0 Å². The molecule has 0 spiro atoms. The lowest BCUT2D eigenvalue weighted by atomic mass is 9.95. The third kappa shape index (κ3) is 3.01. The Bertz CT molecular complexity index is 878. The van der Waals surface area contributed by atoms with Crippen LogP contribution in [0.1, 0.15) is 38.1 Å². The molecule has 4 rings (SSSR count). The van der Waals surface area contributed by atoms with E-state index in [1.807, 2.05) is 29.3 Å². The van der Waals surface area contributed by atoms with Crippen LogP contribution in [0.15, 0.2) is 31.0 Å². The molecule has 0 aliphatic heterocycles. The summed E-state index contributed by atoms with van der Waals surface area (Å²) in [7, 11) is 1.44. The molecule has 1 aliphatic rings. The number of H-pyrrole nitrogens is 1. The molecular weight excluding hydrogens is 318 g/mol. The molecule has 3 aromatic heterocycles. The molecule has 0 aromatic carbocycles. The third-order valence-corrected chi connectivity index (χ3v) is 5.12. The van der Waals surface area contributed by atoms with Crippen LogP contribution in [-0.2, 0) is 9.53 Å². The van der Waals surface area contributed by atoms with Crippen LogP contribution < -0.4 is 0 Å². The molecule has 3 heterocycles. The van der Waals surface area contributed by atoms with E-state index in [-0.39, 0.29) is 12.0 Å². The molecule has 7 nitrogen and oxygen atoms in total. The molecule has 130 valence electrons. The normalized spacial score (nSPS) is 16.4. The van der Waals surface area contributed by atoms with Gasteiger partial charge in [0.2, 0.25) is 0 Å². The number of nitrogens with zero attached hydrogens (tertiary/aromatic N) is 4. The minimum Gasteiger partial charge on any atom is -0.469 e. The van der Waals surface area contributed by atoms with Gasteiger partial charge in [-0.05, 0) is 24.8 Å². The monoisotopic (exact) mass is 339 g/mol. The molecule has 1 aliphatic carbocycles. The topological polar surface area (TPSA) is 85.7 Å². The van der Waals surface area contributed by atoms with E-state index in [1.54, 1.807) is 6.33 Å². The van der Waals surface area contributed by atoms with Gasteiger partial charge in [0.15, 0.2) is 0 Å². The number of hydrogen-bond acceptors (Lipinski definition) is 5. The summed E-state index contributed by atoms with van der Waals surface area (Å²) in [6.45, 7) is 0. The van der Waals surface area contributed by atoms with Gasteiger partial charge in [0.1, 0.15) is 12.0 Å². The van der Waals surface area contributed by atoms with Crippen LogP contribution in [0.4, 0.5) is 0 Å². The first kappa shape index (κ1) is 15.8. The van der Waals surface area contributed by atoms with Gasteiger partial charge in [-0.2, -0.15) is 5.10 Å². The fourth-order valence-corrected chi connectivity index (χ4v) is 3.82. The Balaban J connectivity index is 1.68. The summed E-state index contributed by atoms with van der Waals surface area (Å²) in [6.07, 6.45) is 12.2. The van der Waals surface area contributed by atoms with Gasteiger partial charge in [-0.25, -0.2) is 9.97 Å². The van der Waals surface area contributed by atoms with Crippen molar-refractivity contribution in [3.8, 4) is 11.3 Å². The van der Waals surface area contributed by atoms with E-state index in [2.05, 4.69) is 20.1 Å². The number of aromatic amines is 1. The first-order valence-corrected chi connectivity index (χ1v) is 8.65. The van der Waals surface area contributed by atoms with Crippen molar-refractivity contribution in [2.75, 3.05) is 7.11 Å². The van der Waals surface area contributed by atoms with Crippen molar-refractivity contribution in [3.63, 3.8) is 0 Å². The molecule has 0 saturated heterocycles. The van der Waals surface area contributed by atoms with E-state index in [0.29, 0.717) is 12.3 Å². The van der Waals surface area contributed by atoms with E-state index in [4.69, 9.17) is 4.74 Å². The van der Waals surface area contributed by atoms with E-state index in [9.17, 15) is 4.79 Å². The number of esters is 1. The smallest absolute Gasteiger partial charge is 0.307 e. The lowest BCUT2D eigenvalue weighted by molar-refractivity contribution is -0.142. The molecule has 1 atom stereocenters. The Morgan fingerprint density at radius 1 is 1.40 bits per heavy atom. The standard InChI is InChI=1S/C18H21N5O2/c1-25-16(24)8-15(12-4-2-3-5-12)23-10-13(9-22-23)17-14-6-7-19-18(14)21-11-20-17/h6-7,9-12,15H,2-5,8H2,1H3,(H,19,20,21)/t15-/m1/s1. The maximum atomic E-state index is 11.9. The molecule has 0 unspecified atom stereocenters. The maximum absolute atomic E-state index is 11.9. The average molecular weight is 339 g/mol. The number of methoxy groups -OCH3 is 1. The first-order chi connectivity index (χ1) is 12.3. The second-order valence-corrected chi connectivity index (χ2v) is 6.56. The highest BCUT2D eigenvalue weighted by atomic mass is 16.5. The zero-order valence-corrected chi connectivity index (χ0v) is 14.2. The largest absolute Gasteiger partial charge is 0.469 e. The van der Waals surface area contributed by atoms with Gasteiger partial charge >= 0.3 is 5.97 Å². The highest BCUT2D eigenvalue weighted by Crippen LogP contribution is 2.37. The predicted molar refractivity (Wildman–Crippen MR) is 92.7 cm³/mol. The summed E-state index contributed by atoms with van der Waals surface area (Å²) in [5.41, 5.74) is 2.58. The zero-order valence-electron chi connectivity index (χ0n) is 14.2. The van der Waals surface area contributed by atoms with E-state index >= 15 is 0 Å². The van der Waals surface area contributed by atoms with Gasteiger partial charge in [0.25, 0.3) is 0 Å². The summed E-state index contributed by atoms with van der Waals surface area (Å²) in [4.78, 5) is 23.6. The SMILES string of the molecule is COC(=O)C[C@H](C1CCCC1)n1cc(-c2ncnc3[nH]ccc23)cn1. The number of rotatable bonds is 5. The summed E-state index contributed by atoms with van der Waals surface area (Å²) in [6, 6.07) is 2.00. The third-order valence-electron chi connectivity index (χ3n) is 5.12. The number of fused-ring (bicyclic) bond motifs is 1. The van der Waals surface area contributed by atoms with E-state index in [1.165, 1.54) is 20.0 Å². The van der Waals surface area contributed by atoms with Crippen LogP contribution in [0, 0.1) is 5.92 Å². The lowest BCUT2D eigenvalue weighted by Gasteiger charge is -2.22. The molecule has 25 heavy (non-hydrogen) atoms. The van der Waals surface area contributed by atoms with Gasteiger partial charge in [0.05, 0.1) is 31.5 Å². The molecule has 1 saturated carbocycles. The highest BCUT2D eigenvalue weighted by molar-refractivity contribution is 5.89. The molecule has 3 aromatic rings. The van der Waals surface area contributed by atoms with Crippen LogP contribution in [0.5, 0.6) is 0 Å². The van der Waals surface area contributed by atoms with E-state index < -0.39 is 0 Å². The second-order valence-electron chi connectivity index (χ2n) is 6.56. The van der Waals surface area contributed by atoms with Gasteiger partial charge in [-0.1, -0.05) is 12.8 Å². The fourth-order valence-electron chi connectivity index (χ4n) is 3.82. The molecule has 1 N–H and O–H groups in total. The Morgan fingerprint density at radius 3 is 3.04 bits per heavy atom. The summed E-state index contributed by atoms with van der Waals surface area (Å²) < 4.78 is 6.82. The molecule has 0 bridgehead atoms. The molecular formula is C18H21N5O2. The summed E-state index contributed by atoms with van der Waals surface area (Å²) in [5, 5.41) is 5.52. The molecule has 7 heteroatoms. The Hall–Kier alpha value is -2.70. The van der Waals surface area contributed by atoms with Crippen LogP contribution in [-0.4, -0.2) is 37.8 Å². The van der Waals surface area contributed by atoms with Crippen molar-refractivity contribution < 1.29 is 9.53 Å². The molecule has 1 fully saturated rings. The van der Waals surface area contributed by atoms with Crippen molar-refractivity contribution in [3.05, 3.63) is 31.0 Å². The Kier molecular flexibility index (Phi) is 4.21. The minimum atomic E-state index is -0.191. The quantitative estimate of drug-likeness (QED) is 0.722. The molecule has 0 radical (unpaired) electrons. The maximum Gasteiger partial charge on any atom is 0.307 e. The average Bonchev–Trinajstić information content (AvgIpc) is 3.40. The number of carbonyl (C=O) groups is 1.